The summed E-state index contributed by atoms with van der Waals surface area (Å²) in [5.74, 6) is -0.222. The van der Waals surface area contributed by atoms with Crippen molar-refractivity contribution in [1.29, 1.82) is 0 Å². The fourth-order valence-corrected chi connectivity index (χ4v) is 1.03. The third kappa shape index (κ3) is 3.58. The van der Waals surface area contributed by atoms with E-state index < -0.39 is 0 Å². The molecule has 78 valence electrons. The van der Waals surface area contributed by atoms with Crippen molar-refractivity contribution < 1.29 is 9.53 Å². The maximum absolute atomic E-state index is 10.9. The fraction of sp³-hybridized carbons (Fsp3) is 0.364. The van der Waals surface area contributed by atoms with Crippen LogP contribution in [0.25, 0.3) is 0 Å². The highest BCUT2D eigenvalue weighted by atomic mass is 16.5. The van der Waals surface area contributed by atoms with Crippen molar-refractivity contribution in [3.63, 3.8) is 0 Å². The Kier molecular flexibility index (Phi) is 5.56. The Labute approximate surface area is 84.9 Å². The second kappa shape index (κ2) is 6.16. The van der Waals surface area contributed by atoms with Gasteiger partial charge in [-0.1, -0.05) is 31.7 Å². The van der Waals surface area contributed by atoms with Crippen LogP contribution < -0.4 is 5.73 Å². The number of esters is 1. The maximum atomic E-state index is 10.9. The summed E-state index contributed by atoms with van der Waals surface area (Å²) in [5, 5.41) is 0. The van der Waals surface area contributed by atoms with Gasteiger partial charge >= 0.3 is 5.97 Å². The average Bonchev–Trinajstić information content (AvgIpc) is 2.19. The Morgan fingerprint density at radius 3 is 2.21 bits per heavy atom. The van der Waals surface area contributed by atoms with E-state index in [2.05, 4.69) is 4.74 Å². The molecule has 0 atom stereocenters. The molecule has 0 aliphatic rings. The second-order valence-corrected chi connectivity index (χ2v) is 2.77. The number of rotatable bonds is 3. The summed E-state index contributed by atoms with van der Waals surface area (Å²) in [6.07, 6.45) is 0.321. The molecule has 0 aliphatic carbocycles. The van der Waals surface area contributed by atoms with Crippen molar-refractivity contribution in [2.24, 2.45) is 5.73 Å². The molecule has 0 spiro atoms. The molecule has 0 amide bonds. The predicted octanol–water partition coefficient (Wildman–Crippen LogP) is 1.50. The summed E-state index contributed by atoms with van der Waals surface area (Å²) >= 11 is 0. The van der Waals surface area contributed by atoms with Crippen LogP contribution in [0.2, 0.25) is 0 Å². The minimum atomic E-state index is -0.222. The van der Waals surface area contributed by atoms with E-state index in [-0.39, 0.29) is 13.4 Å². The largest absolute Gasteiger partial charge is 0.469 e. The van der Waals surface area contributed by atoms with Gasteiger partial charge in [0.2, 0.25) is 0 Å². The topological polar surface area (TPSA) is 52.3 Å². The molecule has 0 fully saturated rings. The van der Waals surface area contributed by atoms with Gasteiger partial charge in [-0.25, -0.2) is 0 Å². The Hall–Kier alpha value is -1.35. The first-order valence-corrected chi connectivity index (χ1v) is 4.11. The predicted molar refractivity (Wildman–Crippen MR) is 56.8 cm³/mol. The number of hydrogen-bond acceptors (Lipinski definition) is 3. The van der Waals surface area contributed by atoms with Crippen LogP contribution in [0.5, 0.6) is 0 Å². The molecule has 1 aromatic rings. The molecule has 2 N–H and O–H groups in total. The van der Waals surface area contributed by atoms with Gasteiger partial charge in [0.25, 0.3) is 0 Å². The third-order valence-electron chi connectivity index (χ3n) is 1.83. The third-order valence-corrected chi connectivity index (χ3v) is 1.83. The standard InChI is InChI=1S/C10H13NO2.CH4/c1-13-10(12)6-8-2-4-9(7-11)5-3-8;/h2-5H,6-7,11H2,1H3;1H4. The number of carbonyl (C=O) groups is 1. The number of hydrogen-bond donors (Lipinski definition) is 1. The van der Waals surface area contributed by atoms with Gasteiger partial charge in [0, 0.05) is 6.54 Å². The molecule has 0 aliphatic heterocycles. The van der Waals surface area contributed by atoms with Crippen molar-refractivity contribution in [1.82, 2.24) is 0 Å². The molecule has 0 saturated carbocycles. The highest BCUT2D eigenvalue weighted by molar-refractivity contribution is 5.72. The van der Waals surface area contributed by atoms with E-state index in [0.717, 1.165) is 11.1 Å². The van der Waals surface area contributed by atoms with Crippen LogP contribution in [0.15, 0.2) is 24.3 Å². The average molecular weight is 195 g/mol. The van der Waals surface area contributed by atoms with E-state index in [4.69, 9.17) is 5.73 Å². The van der Waals surface area contributed by atoms with Gasteiger partial charge in [0.15, 0.2) is 0 Å². The normalized spacial score (nSPS) is 9.00. The van der Waals surface area contributed by atoms with E-state index in [9.17, 15) is 4.79 Å². The minimum absolute atomic E-state index is 0. The first kappa shape index (κ1) is 12.7. The molecule has 3 heteroatoms. The quantitative estimate of drug-likeness (QED) is 0.743. The van der Waals surface area contributed by atoms with Crippen LogP contribution >= 0.6 is 0 Å². The summed E-state index contributed by atoms with van der Waals surface area (Å²) in [6, 6.07) is 7.61. The van der Waals surface area contributed by atoms with Crippen LogP contribution in [0.1, 0.15) is 18.6 Å². The van der Waals surface area contributed by atoms with Gasteiger partial charge in [0.05, 0.1) is 13.5 Å². The molecule has 0 heterocycles. The molecule has 0 radical (unpaired) electrons. The summed E-state index contributed by atoms with van der Waals surface area (Å²) in [6.45, 7) is 0.526. The Morgan fingerprint density at radius 2 is 1.79 bits per heavy atom. The Morgan fingerprint density at radius 1 is 1.29 bits per heavy atom. The van der Waals surface area contributed by atoms with E-state index in [1.807, 2.05) is 24.3 Å². The monoisotopic (exact) mass is 195 g/mol. The van der Waals surface area contributed by atoms with Crippen molar-refractivity contribution >= 4 is 5.97 Å². The number of benzene rings is 1. The lowest BCUT2D eigenvalue weighted by molar-refractivity contribution is -0.139. The lowest BCUT2D eigenvalue weighted by Crippen LogP contribution is -2.04. The number of nitrogens with two attached hydrogens (primary N) is 1. The summed E-state index contributed by atoms with van der Waals surface area (Å²) in [7, 11) is 1.39. The summed E-state index contributed by atoms with van der Waals surface area (Å²) in [4.78, 5) is 10.9. The van der Waals surface area contributed by atoms with Crippen LogP contribution in [-0.2, 0) is 22.5 Å². The summed E-state index contributed by atoms with van der Waals surface area (Å²) in [5.41, 5.74) is 7.45. The number of ether oxygens (including phenoxy) is 1. The van der Waals surface area contributed by atoms with E-state index in [0.29, 0.717) is 13.0 Å². The van der Waals surface area contributed by atoms with E-state index >= 15 is 0 Å². The van der Waals surface area contributed by atoms with Crippen LogP contribution in [-0.4, -0.2) is 13.1 Å². The van der Waals surface area contributed by atoms with Crippen molar-refractivity contribution in [3.05, 3.63) is 35.4 Å². The second-order valence-electron chi connectivity index (χ2n) is 2.77. The van der Waals surface area contributed by atoms with Crippen molar-refractivity contribution in [3.8, 4) is 0 Å². The maximum Gasteiger partial charge on any atom is 0.309 e. The number of methoxy groups -OCH3 is 1. The zero-order valence-corrected chi connectivity index (χ0v) is 7.62. The zero-order valence-electron chi connectivity index (χ0n) is 7.62. The molecular formula is C11H17NO2. The van der Waals surface area contributed by atoms with E-state index in [1.165, 1.54) is 7.11 Å². The molecular weight excluding hydrogens is 178 g/mol. The number of carbonyl (C=O) groups excluding carboxylic acids is 1. The molecule has 1 aromatic carbocycles. The lowest BCUT2D eigenvalue weighted by atomic mass is 10.1. The van der Waals surface area contributed by atoms with Gasteiger partial charge in [-0.05, 0) is 11.1 Å². The van der Waals surface area contributed by atoms with Gasteiger partial charge < -0.3 is 10.5 Å². The van der Waals surface area contributed by atoms with Crippen molar-refractivity contribution in [2.45, 2.75) is 20.4 Å². The van der Waals surface area contributed by atoms with Gasteiger partial charge in [-0.15, -0.1) is 0 Å². The Bertz CT molecular complexity index is 280. The van der Waals surface area contributed by atoms with Gasteiger partial charge in [0.1, 0.15) is 0 Å². The Balaban J connectivity index is 0.00000169. The smallest absolute Gasteiger partial charge is 0.309 e. The molecule has 1 rings (SSSR count). The first-order valence-electron chi connectivity index (χ1n) is 4.11. The van der Waals surface area contributed by atoms with Gasteiger partial charge in [-0.3, -0.25) is 4.79 Å². The highest BCUT2D eigenvalue weighted by Gasteiger charge is 2.01. The summed E-state index contributed by atoms with van der Waals surface area (Å²) < 4.78 is 4.55. The van der Waals surface area contributed by atoms with E-state index in [1.54, 1.807) is 0 Å². The first-order chi connectivity index (χ1) is 6.26. The highest BCUT2D eigenvalue weighted by Crippen LogP contribution is 2.04. The molecule has 14 heavy (non-hydrogen) atoms. The van der Waals surface area contributed by atoms with Crippen LogP contribution in [0.3, 0.4) is 0 Å². The minimum Gasteiger partial charge on any atom is -0.469 e. The SMILES string of the molecule is C.COC(=O)Cc1ccc(CN)cc1. The lowest BCUT2D eigenvalue weighted by Gasteiger charge is -2.00. The molecule has 0 bridgehead atoms. The molecule has 0 aromatic heterocycles. The van der Waals surface area contributed by atoms with Crippen molar-refractivity contribution in [2.75, 3.05) is 7.11 Å². The zero-order chi connectivity index (χ0) is 9.68. The van der Waals surface area contributed by atoms with Crippen LogP contribution in [0.4, 0.5) is 0 Å². The molecule has 3 nitrogen and oxygen atoms in total. The molecule has 0 unspecified atom stereocenters. The fourth-order valence-electron chi connectivity index (χ4n) is 1.03. The van der Waals surface area contributed by atoms with Crippen LogP contribution in [0, 0.1) is 0 Å². The molecule has 0 saturated heterocycles. The van der Waals surface area contributed by atoms with Gasteiger partial charge in [-0.2, -0.15) is 0 Å².